The van der Waals surface area contributed by atoms with E-state index < -0.39 is 0 Å². The molecule has 1 fully saturated rings. The third-order valence-electron chi connectivity index (χ3n) is 3.31. The van der Waals surface area contributed by atoms with Gasteiger partial charge in [-0.25, -0.2) is 0 Å². The molecule has 18 heavy (non-hydrogen) atoms. The van der Waals surface area contributed by atoms with Crippen molar-refractivity contribution in [2.24, 2.45) is 0 Å². The van der Waals surface area contributed by atoms with Gasteiger partial charge in [0, 0.05) is 18.4 Å². The van der Waals surface area contributed by atoms with Gasteiger partial charge in [0.25, 0.3) is 5.91 Å². The van der Waals surface area contributed by atoms with E-state index in [0.29, 0.717) is 5.56 Å². The monoisotopic (exact) mass is 245 g/mol. The maximum Gasteiger partial charge on any atom is 0.253 e. The Morgan fingerprint density at radius 1 is 1.50 bits per heavy atom. The lowest BCUT2D eigenvalue weighted by molar-refractivity contribution is 0.0916. The summed E-state index contributed by atoms with van der Waals surface area (Å²) in [5.41, 5.74) is 1.47. The first kappa shape index (κ1) is 12.8. The minimum Gasteiger partial charge on any atom is -0.349 e. The molecular formula is C14H19N3O. The molecule has 1 aliphatic rings. The van der Waals surface area contributed by atoms with Crippen LogP contribution in [0.3, 0.4) is 0 Å². The van der Waals surface area contributed by atoms with E-state index in [0.717, 1.165) is 31.5 Å². The molecule has 0 atom stereocenters. The Morgan fingerprint density at radius 3 is 2.89 bits per heavy atom. The average molecular weight is 245 g/mol. The zero-order valence-corrected chi connectivity index (χ0v) is 10.7. The van der Waals surface area contributed by atoms with Gasteiger partial charge in [0.1, 0.15) is 0 Å². The molecule has 1 N–H and O–H groups in total. The second kappa shape index (κ2) is 5.78. The molecule has 96 valence electrons. The van der Waals surface area contributed by atoms with E-state index in [1.54, 1.807) is 18.5 Å². The van der Waals surface area contributed by atoms with Gasteiger partial charge in [0.2, 0.25) is 0 Å². The molecule has 1 aromatic rings. The number of carbonyl (C=O) groups excluding carboxylic acids is 1. The third-order valence-corrected chi connectivity index (χ3v) is 3.31. The predicted molar refractivity (Wildman–Crippen MR) is 72.3 cm³/mol. The van der Waals surface area contributed by atoms with Gasteiger partial charge in [0.05, 0.1) is 5.56 Å². The van der Waals surface area contributed by atoms with Gasteiger partial charge < -0.3 is 10.2 Å². The fourth-order valence-corrected chi connectivity index (χ4v) is 2.12. The number of carbonyl (C=O) groups is 1. The molecule has 0 bridgehead atoms. The molecule has 1 amide bonds. The molecule has 0 unspecified atom stereocenters. The van der Waals surface area contributed by atoms with E-state index in [-0.39, 0.29) is 11.9 Å². The first-order valence-corrected chi connectivity index (χ1v) is 6.26. The molecule has 0 saturated carbocycles. The Labute approximate surface area is 108 Å². The molecule has 4 nitrogen and oxygen atoms in total. The van der Waals surface area contributed by atoms with Crippen LogP contribution in [0.5, 0.6) is 0 Å². The van der Waals surface area contributed by atoms with Crippen molar-refractivity contribution in [1.29, 1.82) is 0 Å². The van der Waals surface area contributed by atoms with Gasteiger partial charge in [-0.1, -0.05) is 12.7 Å². The fraction of sp³-hybridized carbons (Fsp3) is 0.429. The molecule has 0 aliphatic carbocycles. The average Bonchev–Trinajstić information content (AvgIpc) is 2.41. The summed E-state index contributed by atoms with van der Waals surface area (Å²) in [7, 11) is 2.11. The smallest absolute Gasteiger partial charge is 0.253 e. The lowest BCUT2D eigenvalue weighted by Gasteiger charge is -2.29. The second-order valence-corrected chi connectivity index (χ2v) is 4.76. The van der Waals surface area contributed by atoms with Crippen LogP contribution in [0, 0.1) is 0 Å². The summed E-state index contributed by atoms with van der Waals surface area (Å²) in [5.74, 6) is -0.0410. The van der Waals surface area contributed by atoms with Crippen LogP contribution in [0.4, 0.5) is 0 Å². The number of piperidine rings is 1. The van der Waals surface area contributed by atoms with Crippen molar-refractivity contribution in [3.8, 4) is 0 Å². The maximum atomic E-state index is 12.1. The number of rotatable bonds is 3. The lowest BCUT2D eigenvalue weighted by atomic mass is 10.0. The van der Waals surface area contributed by atoms with Gasteiger partial charge >= 0.3 is 0 Å². The maximum absolute atomic E-state index is 12.1. The summed E-state index contributed by atoms with van der Waals surface area (Å²) in [6, 6.07) is 2.09. The molecular weight excluding hydrogens is 226 g/mol. The van der Waals surface area contributed by atoms with Gasteiger partial charge in [-0.2, -0.15) is 0 Å². The molecule has 2 rings (SSSR count). The topological polar surface area (TPSA) is 45.2 Å². The number of nitrogens with zero attached hydrogens (tertiary/aromatic N) is 2. The van der Waals surface area contributed by atoms with Gasteiger partial charge in [-0.05, 0) is 44.6 Å². The normalized spacial score (nSPS) is 17.4. The number of hydrogen-bond acceptors (Lipinski definition) is 3. The van der Waals surface area contributed by atoms with Gasteiger partial charge in [-0.3, -0.25) is 9.78 Å². The molecule has 2 heterocycles. The van der Waals surface area contributed by atoms with Gasteiger partial charge in [0.15, 0.2) is 0 Å². The van der Waals surface area contributed by atoms with E-state index in [1.807, 2.05) is 6.07 Å². The van der Waals surface area contributed by atoms with Crippen LogP contribution < -0.4 is 5.32 Å². The van der Waals surface area contributed by atoms with Crippen LogP contribution in [0.15, 0.2) is 25.0 Å². The zero-order valence-electron chi connectivity index (χ0n) is 10.7. The van der Waals surface area contributed by atoms with Crippen LogP contribution in [0.1, 0.15) is 28.8 Å². The van der Waals surface area contributed by atoms with Crippen molar-refractivity contribution >= 4 is 12.0 Å². The number of hydrogen-bond donors (Lipinski definition) is 1. The number of nitrogens with one attached hydrogen (secondary N) is 1. The van der Waals surface area contributed by atoms with Crippen molar-refractivity contribution in [3.05, 3.63) is 36.2 Å². The van der Waals surface area contributed by atoms with Crippen molar-refractivity contribution < 1.29 is 4.79 Å². The Morgan fingerprint density at radius 2 is 2.22 bits per heavy atom. The summed E-state index contributed by atoms with van der Waals surface area (Å²) in [6.45, 7) is 5.75. The largest absolute Gasteiger partial charge is 0.349 e. The quantitative estimate of drug-likeness (QED) is 0.878. The third kappa shape index (κ3) is 3.17. The first-order valence-electron chi connectivity index (χ1n) is 6.26. The minimum atomic E-state index is -0.0410. The van der Waals surface area contributed by atoms with Crippen molar-refractivity contribution in [2.45, 2.75) is 18.9 Å². The van der Waals surface area contributed by atoms with Crippen LogP contribution >= 0.6 is 0 Å². The van der Waals surface area contributed by atoms with Crippen molar-refractivity contribution in [2.75, 3.05) is 20.1 Å². The highest BCUT2D eigenvalue weighted by molar-refractivity contribution is 5.94. The molecule has 1 aromatic heterocycles. The summed E-state index contributed by atoms with van der Waals surface area (Å²) in [6.07, 6.45) is 7.00. The predicted octanol–water partition coefficient (Wildman–Crippen LogP) is 1.55. The SMILES string of the molecule is C=Cc1cncc(C(=O)NC2CCN(C)CC2)c1. The lowest BCUT2D eigenvalue weighted by Crippen LogP contribution is -2.43. The Bertz CT molecular complexity index is 436. The van der Waals surface area contributed by atoms with Crippen molar-refractivity contribution in [1.82, 2.24) is 15.2 Å². The highest BCUT2D eigenvalue weighted by atomic mass is 16.1. The summed E-state index contributed by atoms with van der Waals surface area (Å²) < 4.78 is 0. The van der Waals surface area contributed by atoms with Crippen LogP contribution in [-0.4, -0.2) is 42.0 Å². The van der Waals surface area contributed by atoms with E-state index in [2.05, 4.69) is 28.8 Å². The molecule has 0 spiro atoms. The standard InChI is InChI=1S/C14H19N3O/c1-3-11-8-12(10-15-9-11)14(18)16-13-4-6-17(2)7-5-13/h3,8-10,13H,1,4-7H2,2H3,(H,16,18). The van der Waals surface area contributed by atoms with Gasteiger partial charge in [-0.15, -0.1) is 0 Å². The number of amides is 1. The summed E-state index contributed by atoms with van der Waals surface area (Å²) in [5, 5.41) is 3.07. The number of pyridine rings is 1. The van der Waals surface area contributed by atoms with Crippen LogP contribution in [-0.2, 0) is 0 Å². The van der Waals surface area contributed by atoms with E-state index >= 15 is 0 Å². The fourth-order valence-electron chi connectivity index (χ4n) is 2.12. The Kier molecular flexibility index (Phi) is 4.10. The van der Waals surface area contributed by atoms with E-state index in [4.69, 9.17) is 0 Å². The number of likely N-dealkylation sites (tertiary alicyclic amines) is 1. The highest BCUT2D eigenvalue weighted by Crippen LogP contribution is 2.10. The molecule has 0 radical (unpaired) electrons. The number of aromatic nitrogens is 1. The summed E-state index contributed by atoms with van der Waals surface area (Å²) >= 11 is 0. The highest BCUT2D eigenvalue weighted by Gasteiger charge is 2.19. The molecule has 4 heteroatoms. The van der Waals surface area contributed by atoms with E-state index in [1.165, 1.54) is 0 Å². The second-order valence-electron chi connectivity index (χ2n) is 4.76. The van der Waals surface area contributed by atoms with E-state index in [9.17, 15) is 4.79 Å². The Hall–Kier alpha value is -1.68. The summed E-state index contributed by atoms with van der Waals surface area (Å²) in [4.78, 5) is 18.4. The first-order chi connectivity index (χ1) is 8.69. The molecule has 0 aromatic carbocycles. The minimum absolute atomic E-state index is 0.0410. The zero-order chi connectivity index (χ0) is 13.0. The van der Waals surface area contributed by atoms with Crippen molar-refractivity contribution in [3.63, 3.8) is 0 Å². The van der Waals surface area contributed by atoms with Crippen LogP contribution in [0.2, 0.25) is 0 Å². The Balaban J connectivity index is 1.96. The van der Waals surface area contributed by atoms with Crippen LogP contribution in [0.25, 0.3) is 6.08 Å². The molecule has 1 aliphatic heterocycles. The molecule has 1 saturated heterocycles.